The maximum absolute atomic E-state index is 12.5. The monoisotopic (exact) mass is 421 g/mol. The number of benzene rings is 1. The van der Waals surface area contributed by atoms with Gasteiger partial charge in [-0.15, -0.1) is 0 Å². The smallest absolute Gasteiger partial charge is 0.324 e. The third kappa shape index (κ3) is 7.26. The average Bonchev–Trinajstić information content (AvgIpc) is 2.55. The predicted octanol–water partition coefficient (Wildman–Crippen LogP) is 2.90. The van der Waals surface area contributed by atoms with E-state index >= 15 is 0 Å². The Kier molecular flexibility index (Phi) is 8.59. The van der Waals surface area contributed by atoms with Crippen LogP contribution in [0.15, 0.2) is 29.2 Å². The summed E-state index contributed by atoms with van der Waals surface area (Å²) < 4.78 is 32.4. The van der Waals surface area contributed by atoms with Gasteiger partial charge in [-0.1, -0.05) is 32.4 Å². The summed E-state index contributed by atoms with van der Waals surface area (Å²) in [4.78, 5) is 24.2. The molecule has 1 aromatic carbocycles. The van der Waals surface area contributed by atoms with E-state index in [4.69, 9.17) is 16.3 Å². The van der Waals surface area contributed by atoms with Gasteiger partial charge in [-0.2, -0.15) is 16.5 Å². The number of hydrogen-bond acceptors (Lipinski definition) is 6. The fourth-order valence-electron chi connectivity index (χ4n) is 1.78. The van der Waals surface area contributed by atoms with Gasteiger partial charge in [0.15, 0.2) is 12.4 Å². The Balaban J connectivity index is 2.86. The molecule has 0 aliphatic carbocycles. The van der Waals surface area contributed by atoms with E-state index in [0.29, 0.717) is 10.8 Å². The number of ether oxygens (including phenoxy) is 1. The molecule has 0 amide bonds. The second-order valence-electron chi connectivity index (χ2n) is 6.69. The molecular weight excluding hydrogens is 398 g/mol. The van der Waals surface area contributed by atoms with Crippen molar-refractivity contribution in [1.82, 2.24) is 4.72 Å². The molecule has 0 aliphatic heterocycles. The Hall–Kier alpha value is -1.09. The number of rotatable bonds is 9. The largest absolute Gasteiger partial charge is 0.456 e. The van der Waals surface area contributed by atoms with E-state index in [9.17, 15) is 18.0 Å². The highest BCUT2D eigenvalue weighted by molar-refractivity contribution is 7.98. The van der Waals surface area contributed by atoms with Crippen LogP contribution in [0.1, 0.15) is 27.2 Å². The molecule has 0 spiro atoms. The lowest BCUT2D eigenvalue weighted by atomic mass is 9.91. The van der Waals surface area contributed by atoms with Crippen molar-refractivity contribution < 1.29 is 22.7 Å². The molecule has 0 fully saturated rings. The van der Waals surface area contributed by atoms with E-state index in [2.05, 4.69) is 4.72 Å². The van der Waals surface area contributed by atoms with Crippen molar-refractivity contribution in [2.45, 2.75) is 38.1 Å². The molecule has 1 aromatic rings. The molecular formula is C17H24ClNO5S2. The van der Waals surface area contributed by atoms with Crippen LogP contribution in [0, 0.1) is 5.41 Å². The van der Waals surface area contributed by atoms with Gasteiger partial charge in [0.05, 0.1) is 4.90 Å². The maximum atomic E-state index is 12.5. The molecule has 0 radical (unpaired) electrons. The second kappa shape index (κ2) is 9.73. The van der Waals surface area contributed by atoms with Crippen molar-refractivity contribution in [2.24, 2.45) is 5.41 Å². The first-order chi connectivity index (χ1) is 12.0. The molecule has 146 valence electrons. The van der Waals surface area contributed by atoms with Crippen molar-refractivity contribution in [1.29, 1.82) is 0 Å². The summed E-state index contributed by atoms with van der Waals surface area (Å²) in [5, 5.41) is 0.406. The second-order valence-corrected chi connectivity index (χ2v) is 9.83. The first-order valence-electron chi connectivity index (χ1n) is 7.94. The minimum Gasteiger partial charge on any atom is -0.456 e. The molecule has 0 heterocycles. The number of hydrogen-bond donors (Lipinski definition) is 1. The summed E-state index contributed by atoms with van der Waals surface area (Å²) in [6, 6.07) is 4.53. The Bertz CT molecular complexity index is 727. The van der Waals surface area contributed by atoms with Crippen LogP contribution < -0.4 is 4.72 Å². The number of sulfonamides is 1. The number of ketones is 1. The SMILES string of the molecule is CSCC[C@@H](NS(=O)(=O)c1ccc(Cl)cc1)C(=O)OCC(=O)C(C)(C)C. The highest BCUT2D eigenvalue weighted by atomic mass is 35.5. The molecule has 1 rings (SSSR count). The van der Waals surface area contributed by atoms with Gasteiger partial charge in [0.25, 0.3) is 0 Å². The van der Waals surface area contributed by atoms with Crippen LogP contribution in [0.25, 0.3) is 0 Å². The standard InChI is InChI=1S/C17H24ClNO5S2/c1-17(2,3)15(20)11-24-16(21)14(9-10-25-4)19-26(22,23)13-7-5-12(18)6-8-13/h5-8,14,19H,9-11H2,1-4H3/t14-/m1/s1. The highest BCUT2D eigenvalue weighted by Gasteiger charge is 2.29. The number of thioether (sulfide) groups is 1. The van der Waals surface area contributed by atoms with Crippen LogP contribution in [-0.2, 0) is 24.3 Å². The Morgan fingerprint density at radius 2 is 1.81 bits per heavy atom. The summed E-state index contributed by atoms with van der Waals surface area (Å²) in [6.45, 7) is 4.77. The molecule has 26 heavy (non-hydrogen) atoms. The van der Waals surface area contributed by atoms with E-state index in [1.165, 1.54) is 36.0 Å². The zero-order chi connectivity index (χ0) is 20.0. The van der Waals surface area contributed by atoms with Crippen molar-refractivity contribution in [3.8, 4) is 0 Å². The van der Waals surface area contributed by atoms with E-state index in [1.807, 2.05) is 6.26 Å². The quantitative estimate of drug-likeness (QED) is 0.616. The highest BCUT2D eigenvalue weighted by Crippen LogP contribution is 2.17. The third-order valence-corrected chi connectivity index (χ3v) is 5.88. The normalized spacial score (nSPS) is 13.3. The summed E-state index contributed by atoms with van der Waals surface area (Å²) in [5.41, 5.74) is -0.641. The fraction of sp³-hybridized carbons (Fsp3) is 0.529. The lowest BCUT2D eigenvalue weighted by molar-refractivity contribution is -0.151. The number of esters is 1. The molecule has 9 heteroatoms. The van der Waals surface area contributed by atoms with Gasteiger partial charge >= 0.3 is 5.97 Å². The van der Waals surface area contributed by atoms with Gasteiger partial charge in [-0.25, -0.2) is 8.42 Å². The van der Waals surface area contributed by atoms with Gasteiger partial charge in [0, 0.05) is 10.4 Å². The minimum absolute atomic E-state index is 0.00498. The summed E-state index contributed by atoms with van der Waals surface area (Å²) in [7, 11) is -3.92. The molecule has 1 atom stereocenters. The van der Waals surface area contributed by atoms with Gasteiger partial charge in [-0.3, -0.25) is 9.59 Å². The maximum Gasteiger partial charge on any atom is 0.324 e. The first-order valence-corrected chi connectivity index (χ1v) is 11.2. The van der Waals surface area contributed by atoms with Crippen LogP contribution in [0.4, 0.5) is 0 Å². The lowest BCUT2D eigenvalue weighted by Gasteiger charge is -2.20. The van der Waals surface area contributed by atoms with Crippen molar-refractivity contribution in [3.63, 3.8) is 0 Å². The van der Waals surface area contributed by atoms with Gasteiger partial charge < -0.3 is 4.74 Å². The molecule has 0 unspecified atom stereocenters. The number of carbonyl (C=O) groups excluding carboxylic acids is 2. The zero-order valence-electron chi connectivity index (χ0n) is 15.2. The predicted molar refractivity (Wildman–Crippen MR) is 104 cm³/mol. The van der Waals surface area contributed by atoms with Crippen LogP contribution in [0.3, 0.4) is 0 Å². The molecule has 0 bridgehead atoms. The Morgan fingerprint density at radius 1 is 1.23 bits per heavy atom. The van der Waals surface area contributed by atoms with Crippen molar-refractivity contribution in [2.75, 3.05) is 18.6 Å². The van der Waals surface area contributed by atoms with Crippen LogP contribution in [0.2, 0.25) is 5.02 Å². The zero-order valence-corrected chi connectivity index (χ0v) is 17.6. The molecule has 0 saturated heterocycles. The van der Waals surface area contributed by atoms with Crippen LogP contribution in [-0.4, -0.2) is 44.8 Å². The van der Waals surface area contributed by atoms with Crippen molar-refractivity contribution in [3.05, 3.63) is 29.3 Å². The van der Waals surface area contributed by atoms with Crippen LogP contribution >= 0.6 is 23.4 Å². The van der Waals surface area contributed by atoms with E-state index in [-0.39, 0.29) is 23.7 Å². The Morgan fingerprint density at radius 3 is 2.31 bits per heavy atom. The first kappa shape index (κ1) is 23.0. The number of halogens is 1. The summed E-state index contributed by atoms with van der Waals surface area (Å²) in [6.07, 6.45) is 2.09. The fourth-order valence-corrected chi connectivity index (χ4v) is 3.60. The summed E-state index contributed by atoms with van der Waals surface area (Å²) >= 11 is 7.24. The van der Waals surface area contributed by atoms with E-state index in [1.54, 1.807) is 20.8 Å². The number of carbonyl (C=O) groups is 2. The van der Waals surface area contributed by atoms with Crippen LogP contribution in [0.5, 0.6) is 0 Å². The van der Waals surface area contributed by atoms with Gasteiger partial charge in [0.1, 0.15) is 6.04 Å². The molecule has 6 nitrogen and oxygen atoms in total. The molecule has 0 aliphatic rings. The van der Waals surface area contributed by atoms with Gasteiger partial charge in [-0.05, 0) is 42.7 Å². The van der Waals surface area contributed by atoms with Gasteiger partial charge in [0.2, 0.25) is 10.0 Å². The molecule has 0 saturated carbocycles. The molecule has 1 N–H and O–H groups in total. The average molecular weight is 422 g/mol. The molecule has 0 aromatic heterocycles. The Labute approximate surface area is 164 Å². The lowest BCUT2D eigenvalue weighted by Crippen LogP contribution is -2.43. The van der Waals surface area contributed by atoms with Crippen molar-refractivity contribution >= 4 is 45.1 Å². The van der Waals surface area contributed by atoms with E-state index in [0.717, 1.165) is 0 Å². The number of nitrogens with one attached hydrogen (secondary N) is 1. The summed E-state index contributed by atoms with van der Waals surface area (Å²) in [5.74, 6) is -0.458. The topological polar surface area (TPSA) is 89.5 Å². The third-order valence-electron chi connectivity index (χ3n) is 3.50. The van der Waals surface area contributed by atoms with E-state index < -0.39 is 27.4 Å². The number of Topliss-reactive ketones (excluding diaryl/α,β-unsaturated/α-hetero) is 1. The minimum atomic E-state index is -3.92.